The molecular formula is C21H23Cl2N3O2. The van der Waals surface area contributed by atoms with Crippen molar-refractivity contribution in [3.63, 3.8) is 0 Å². The molecular weight excluding hydrogens is 397 g/mol. The van der Waals surface area contributed by atoms with Crippen LogP contribution in [-0.4, -0.2) is 49.3 Å². The van der Waals surface area contributed by atoms with Crippen molar-refractivity contribution in [1.82, 2.24) is 4.90 Å². The second-order valence-corrected chi connectivity index (χ2v) is 7.75. The van der Waals surface area contributed by atoms with Crippen LogP contribution < -0.4 is 10.2 Å². The lowest BCUT2D eigenvalue weighted by Gasteiger charge is -2.35. The number of aryl methyl sites for hydroxylation is 1. The highest BCUT2D eigenvalue weighted by Gasteiger charge is 2.20. The third-order valence-electron chi connectivity index (χ3n) is 4.93. The van der Waals surface area contributed by atoms with Crippen molar-refractivity contribution in [2.24, 2.45) is 0 Å². The molecule has 0 aliphatic carbocycles. The Morgan fingerprint density at radius 1 is 1.00 bits per heavy atom. The van der Waals surface area contributed by atoms with Gasteiger partial charge in [-0.3, -0.25) is 14.5 Å². The number of hydrogen-bond acceptors (Lipinski definition) is 4. The molecule has 1 amide bonds. The lowest BCUT2D eigenvalue weighted by atomic mass is 10.1. The van der Waals surface area contributed by atoms with Gasteiger partial charge in [0.2, 0.25) is 5.91 Å². The van der Waals surface area contributed by atoms with Gasteiger partial charge in [0.05, 0.1) is 22.3 Å². The lowest BCUT2D eigenvalue weighted by molar-refractivity contribution is -0.117. The molecule has 1 fully saturated rings. The van der Waals surface area contributed by atoms with Crippen molar-refractivity contribution in [2.45, 2.75) is 13.8 Å². The molecule has 1 aliphatic rings. The Bertz CT molecular complexity index is 876. The molecule has 0 spiro atoms. The van der Waals surface area contributed by atoms with Crippen LogP contribution in [0.25, 0.3) is 0 Å². The van der Waals surface area contributed by atoms with Gasteiger partial charge in [-0.2, -0.15) is 0 Å². The van der Waals surface area contributed by atoms with E-state index in [1.807, 2.05) is 37.3 Å². The molecule has 2 aromatic carbocycles. The monoisotopic (exact) mass is 419 g/mol. The summed E-state index contributed by atoms with van der Waals surface area (Å²) in [7, 11) is 0. The van der Waals surface area contributed by atoms with Crippen LogP contribution in [0.1, 0.15) is 22.8 Å². The van der Waals surface area contributed by atoms with Crippen molar-refractivity contribution < 1.29 is 9.59 Å². The summed E-state index contributed by atoms with van der Waals surface area (Å²) in [6, 6.07) is 11.2. The fourth-order valence-electron chi connectivity index (χ4n) is 3.22. The topological polar surface area (TPSA) is 52.7 Å². The van der Waals surface area contributed by atoms with Crippen molar-refractivity contribution in [2.75, 3.05) is 42.9 Å². The van der Waals surface area contributed by atoms with Gasteiger partial charge in [-0.25, -0.2) is 0 Å². The first kappa shape index (κ1) is 20.6. The fraction of sp³-hybridized carbons (Fsp3) is 0.333. The van der Waals surface area contributed by atoms with Gasteiger partial charge in [0.25, 0.3) is 0 Å². The molecule has 0 radical (unpaired) electrons. The van der Waals surface area contributed by atoms with E-state index < -0.39 is 0 Å². The van der Waals surface area contributed by atoms with Crippen LogP contribution in [0.3, 0.4) is 0 Å². The minimum atomic E-state index is -0.131. The Labute approximate surface area is 175 Å². The van der Waals surface area contributed by atoms with Crippen LogP contribution in [0, 0.1) is 6.92 Å². The van der Waals surface area contributed by atoms with Crippen molar-refractivity contribution in [3.05, 3.63) is 57.6 Å². The average Bonchev–Trinajstić information content (AvgIpc) is 2.69. The van der Waals surface area contributed by atoms with Gasteiger partial charge in [-0.15, -0.1) is 0 Å². The van der Waals surface area contributed by atoms with E-state index in [0.29, 0.717) is 21.3 Å². The van der Waals surface area contributed by atoms with Gasteiger partial charge < -0.3 is 10.2 Å². The summed E-state index contributed by atoms with van der Waals surface area (Å²) in [6.07, 6.45) is 0. The van der Waals surface area contributed by atoms with Gasteiger partial charge >= 0.3 is 0 Å². The van der Waals surface area contributed by atoms with Crippen molar-refractivity contribution in [1.29, 1.82) is 0 Å². The van der Waals surface area contributed by atoms with E-state index in [1.165, 1.54) is 0 Å². The summed E-state index contributed by atoms with van der Waals surface area (Å²) in [5.74, 6) is -0.0649. The minimum absolute atomic E-state index is 0.0659. The Kier molecular flexibility index (Phi) is 6.60. The number of rotatable bonds is 5. The molecule has 1 N–H and O–H groups in total. The van der Waals surface area contributed by atoms with Crippen LogP contribution in [0.4, 0.5) is 11.4 Å². The highest BCUT2D eigenvalue weighted by atomic mass is 35.5. The molecule has 0 saturated carbocycles. The summed E-state index contributed by atoms with van der Waals surface area (Å²) < 4.78 is 0. The smallest absolute Gasteiger partial charge is 0.238 e. The third kappa shape index (κ3) is 4.85. The number of carbonyl (C=O) groups excluding carboxylic acids is 2. The zero-order valence-corrected chi connectivity index (χ0v) is 17.5. The number of anilines is 2. The number of halogens is 2. The zero-order chi connectivity index (χ0) is 20.3. The van der Waals surface area contributed by atoms with E-state index in [-0.39, 0.29) is 18.2 Å². The molecule has 1 heterocycles. The summed E-state index contributed by atoms with van der Waals surface area (Å²) >= 11 is 12.4. The summed E-state index contributed by atoms with van der Waals surface area (Å²) in [6.45, 7) is 6.91. The second kappa shape index (κ2) is 8.95. The molecule has 3 rings (SSSR count). The van der Waals surface area contributed by atoms with E-state index in [1.54, 1.807) is 13.0 Å². The third-order valence-corrected chi connectivity index (χ3v) is 5.73. The first-order chi connectivity index (χ1) is 13.3. The summed E-state index contributed by atoms with van der Waals surface area (Å²) in [4.78, 5) is 28.2. The van der Waals surface area contributed by atoms with Crippen LogP contribution >= 0.6 is 23.2 Å². The number of carbonyl (C=O) groups is 2. The van der Waals surface area contributed by atoms with Gasteiger partial charge in [0, 0.05) is 37.4 Å². The molecule has 0 aromatic heterocycles. The van der Waals surface area contributed by atoms with Crippen LogP contribution in [-0.2, 0) is 4.79 Å². The molecule has 2 aromatic rings. The zero-order valence-electron chi connectivity index (χ0n) is 16.0. The Morgan fingerprint density at radius 3 is 2.25 bits per heavy atom. The molecule has 148 valence electrons. The standard InChI is InChI=1S/C21H23Cl2N3O2/c1-14-3-8-18(22)21(20(14)23)24-19(28)13-25-9-11-26(12-10-25)17-6-4-16(5-7-17)15(2)27/h3-8H,9-13H2,1-2H3,(H,24,28). The van der Waals surface area contributed by atoms with Crippen LogP contribution in [0.15, 0.2) is 36.4 Å². The predicted octanol–water partition coefficient (Wildman–Crippen LogP) is 4.27. The van der Waals surface area contributed by atoms with E-state index >= 15 is 0 Å². The van der Waals surface area contributed by atoms with Crippen molar-refractivity contribution >= 4 is 46.3 Å². The Balaban J connectivity index is 1.53. The highest BCUT2D eigenvalue weighted by molar-refractivity contribution is 6.40. The Morgan fingerprint density at radius 2 is 1.64 bits per heavy atom. The number of ketones is 1. The maximum Gasteiger partial charge on any atom is 0.238 e. The van der Waals surface area contributed by atoms with E-state index in [9.17, 15) is 9.59 Å². The molecule has 0 atom stereocenters. The highest BCUT2D eigenvalue weighted by Crippen LogP contribution is 2.32. The fourth-order valence-corrected chi connectivity index (χ4v) is 3.69. The number of benzene rings is 2. The maximum absolute atomic E-state index is 12.4. The predicted molar refractivity (Wildman–Crippen MR) is 115 cm³/mol. The molecule has 7 heteroatoms. The first-order valence-electron chi connectivity index (χ1n) is 9.18. The second-order valence-electron chi connectivity index (χ2n) is 6.97. The first-order valence-corrected chi connectivity index (χ1v) is 9.93. The van der Waals surface area contributed by atoms with E-state index in [0.717, 1.165) is 37.4 Å². The van der Waals surface area contributed by atoms with E-state index in [4.69, 9.17) is 23.2 Å². The molecule has 5 nitrogen and oxygen atoms in total. The van der Waals surface area contributed by atoms with Crippen molar-refractivity contribution in [3.8, 4) is 0 Å². The normalized spacial score (nSPS) is 14.8. The molecule has 28 heavy (non-hydrogen) atoms. The number of nitrogens with zero attached hydrogens (tertiary/aromatic N) is 2. The van der Waals surface area contributed by atoms with E-state index in [2.05, 4.69) is 15.1 Å². The largest absolute Gasteiger partial charge is 0.369 e. The number of amides is 1. The summed E-state index contributed by atoms with van der Waals surface area (Å²) in [5.41, 5.74) is 3.14. The quantitative estimate of drug-likeness (QED) is 0.735. The number of piperazine rings is 1. The molecule has 0 bridgehead atoms. The average molecular weight is 420 g/mol. The van der Waals surface area contributed by atoms with Gasteiger partial charge in [-0.05, 0) is 49.7 Å². The van der Waals surface area contributed by atoms with Gasteiger partial charge in [0.1, 0.15) is 0 Å². The Hall–Kier alpha value is -2.08. The van der Waals surface area contributed by atoms with Crippen LogP contribution in [0.5, 0.6) is 0 Å². The van der Waals surface area contributed by atoms with Gasteiger partial charge in [0.15, 0.2) is 5.78 Å². The summed E-state index contributed by atoms with van der Waals surface area (Å²) in [5, 5.41) is 3.74. The lowest BCUT2D eigenvalue weighted by Crippen LogP contribution is -2.48. The molecule has 1 saturated heterocycles. The molecule has 1 aliphatic heterocycles. The maximum atomic E-state index is 12.4. The number of hydrogen-bond donors (Lipinski definition) is 1. The van der Waals surface area contributed by atoms with Crippen LogP contribution in [0.2, 0.25) is 10.0 Å². The number of nitrogens with one attached hydrogen (secondary N) is 1. The SMILES string of the molecule is CC(=O)c1ccc(N2CCN(CC(=O)Nc3c(Cl)ccc(C)c3Cl)CC2)cc1. The van der Waals surface area contributed by atoms with Gasteiger partial charge in [-0.1, -0.05) is 29.3 Å². The minimum Gasteiger partial charge on any atom is -0.369 e. The molecule has 0 unspecified atom stereocenters. The number of Topliss-reactive ketones (excluding diaryl/α,β-unsaturated/α-hetero) is 1.